The van der Waals surface area contributed by atoms with E-state index in [1.807, 2.05) is 54.4 Å². The Morgan fingerprint density at radius 2 is 1.70 bits per heavy atom. The molecule has 2 aliphatic rings. The highest BCUT2D eigenvalue weighted by Gasteiger charge is 2.39. The number of fused-ring (bicyclic) bond motifs is 3. The summed E-state index contributed by atoms with van der Waals surface area (Å²) in [4.78, 5) is 29.6. The highest BCUT2D eigenvalue weighted by Crippen LogP contribution is 2.29. The third-order valence-corrected chi connectivity index (χ3v) is 5.63. The maximum atomic E-state index is 13.5. The van der Waals surface area contributed by atoms with Gasteiger partial charge in [0.1, 0.15) is 0 Å². The molecule has 27 heavy (non-hydrogen) atoms. The highest BCUT2D eigenvalue weighted by molar-refractivity contribution is 6.01. The summed E-state index contributed by atoms with van der Waals surface area (Å²) < 4.78 is 5.64. The van der Waals surface area contributed by atoms with Crippen molar-refractivity contribution in [3.63, 3.8) is 0 Å². The quantitative estimate of drug-likeness (QED) is 0.823. The number of amides is 2. The Bertz CT molecular complexity index is 879. The lowest BCUT2D eigenvalue weighted by Crippen LogP contribution is -2.45. The van der Waals surface area contributed by atoms with E-state index in [1.165, 1.54) is 0 Å². The number of aryl methyl sites for hydroxylation is 1. The summed E-state index contributed by atoms with van der Waals surface area (Å²) in [5.74, 6) is -0.245. The minimum Gasteiger partial charge on any atom is -0.378 e. The van der Waals surface area contributed by atoms with Crippen LogP contribution in [-0.2, 0) is 9.53 Å². The Morgan fingerprint density at radius 1 is 1.00 bits per heavy atom. The summed E-state index contributed by atoms with van der Waals surface area (Å²) in [5, 5.41) is 0. The molecule has 0 unspecified atom stereocenters. The first-order valence-electron chi connectivity index (χ1n) is 9.35. The van der Waals surface area contributed by atoms with Crippen LogP contribution in [0, 0.1) is 12.8 Å². The normalized spacial score (nSPS) is 22.5. The van der Waals surface area contributed by atoms with Crippen LogP contribution < -0.4 is 0 Å². The van der Waals surface area contributed by atoms with Crippen LogP contribution in [0.2, 0.25) is 0 Å². The van der Waals surface area contributed by atoms with E-state index in [4.69, 9.17) is 4.74 Å². The fourth-order valence-electron chi connectivity index (χ4n) is 4.01. The van der Waals surface area contributed by atoms with Crippen LogP contribution in [0.4, 0.5) is 0 Å². The van der Waals surface area contributed by atoms with Gasteiger partial charge in [-0.05, 0) is 29.7 Å². The van der Waals surface area contributed by atoms with Crippen LogP contribution in [0.3, 0.4) is 0 Å². The number of ether oxygens (including phenoxy) is 1. The van der Waals surface area contributed by atoms with Crippen molar-refractivity contribution in [3.8, 4) is 11.1 Å². The molecule has 2 saturated heterocycles. The largest absolute Gasteiger partial charge is 0.378 e. The van der Waals surface area contributed by atoms with E-state index in [9.17, 15) is 9.59 Å². The van der Waals surface area contributed by atoms with Crippen molar-refractivity contribution in [1.29, 1.82) is 0 Å². The molecule has 0 aromatic heterocycles. The summed E-state index contributed by atoms with van der Waals surface area (Å²) in [5.41, 5.74) is 3.82. The van der Waals surface area contributed by atoms with E-state index in [0.29, 0.717) is 31.9 Å². The molecule has 4 rings (SSSR count). The summed E-state index contributed by atoms with van der Waals surface area (Å²) in [6.45, 7) is 3.81. The molecule has 2 heterocycles. The predicted molar refractivity (Wildman–Crippen MR) is 103 cm³/mol. The number of likely N-dealkylation sites (N-methyl/N-ethyl adjacent to an activating group) is 1. The molecule has 5 heteroatoms. The first-order chi connectivity index (χ1) is 13.1. The third-order valence-electron chi connectivity index (χ3n) is 5.63. The van der Waals surface area contributed by atoms with Crippen LogP contribution in [0.1, 0.15) is 15.9 Å². The standard InChI is InChI=1S/C22H24N2O3/c1-15-7-3-4-8-18(15)19-9-5-6-10-20(19)22(26)24-11-16-13-27-14-17(12-24)23(2)21(16)25/h3-10,16-17H,11-14H2,1-2H3/t16-,17+/m1/s1. The molecule has 5 nitrogen and oxygen atoms in total. The molecule has 2 atom stereocenters. The third kappa shape index (κ3) is 3.23. The van der Waals surface area contributed by atoms with Crippen molar-refractivity contribution < 1.29 is 14.3 Å². The van der Waals surface area contributed by atoms with Gasteiger partial charge in [-0.3, -0.25) is 9.59 Å². The molecule has 2 fully saturated rings. The molecular weight excluding hydrogens is 340 g/mol. The van der Waals surface area contributed by atoms with Crippen LogP contribution >= 0.6 is 0 Å². The molecule has 2 bridgehead atoms. The second-order valence-corrected chi connectivity index (χ2v) is 7.41. The smallest absolute Gasteiger partial charge is 0.254 e. The average Bonchev–Trinajstić information content (AvgIpc) is 2.86. The van der Waals surface area contributed by atoms with Gasteiger partial charge < -0.3 is 14.5 Å². The Balaban J connectivity index is 1.70. The Labute approximate surface area is 159 Å². The maximum absolute atomic E-state index is 13.5. The monoisotopic (exact) mass is 364 g/mol. The van der Waals surface area contributed by atoms with E-state index in [0.717, 1.165) is 16.7 Å². The van der Waals surface area contributed by atoms with Crippen molar-refractivity contribution in [3.05, 3.63) is 59.7 Å². The van der Waals surface area contributed by atoms with Crippen LogP contribution in [-0.4, -0.2) is 61.0 Å². The Kier molecular flexibility index (Phi) is 4.70. The van der Waals surface area contributed by atoms with Gasteiger partial charge in [-0.2, -0.15) is 0 Å². The van der Waals surface area contributed by atoms with Gasteiger partial charge in [-0.1, -0.05) is 42.5 Å². The Morgan fingerprint density at radius 3 is 2.48 bits per heavy atom. The summed E-state index contributed by atoms with van der Waals surface area (Å²) in [7, 11) is 1.81. The zero-order valence-electron chi connectivity index (χ0n) is 15.7. The fraction of sp³-hybridized carbons (Fsp3) is 0.364. The predicted octanol–water partition coefficient (Wildman–Crippen LogP) is 2.59. The van der Waals surface area contributed by atoms with Gasteiger partial charge in [-0.25, -0.2) is 0 Å². The minimum absolute atomic E-state index is 0.0196. The fourth-order valence-corrected chi connectivity index (χ4v) is 4.01. The lowest BCUT2D eigenvalue weighted by Gasteiger charge is -2.30. The molecule has 2 amide bonds. The van der Waals surface area contributed by atoms with E-state index in [2.05, 4.69) is 13.0 Å². The Hall–Kier alpha value is -2.66. The van der Waals surface area contributed by atoms with Crippen molar-refractivity contribution in [1.82, 2.24) is 9.80 Å². The molecule has 2 aromatic carbocycles. The molecule has 0 spiro atoms. The minimum atomic E-state index is -0.294. The zero-order valence-corrected chi connectivity index (χ0v) is 15.7. The number of rotatable bonds is 2. The molecular formula is C22H24N2O3. The van der Waals surface area contributed by atoms with Gasteiger partial charge in [0, 0.05) is 25.7 Å². The topological polar surface area (TPSA) is 49.9 Å². The van der Waals surface area contributed by atoms with E-state index >= 15 is 0 Å². The van der Waals surface area contributed by atoms with Crippen molar-refractivity contribution in [2.75, 3.05) is 33.4 Å². The molecule has 0 radical (unpaired) electrons. The number of carbonyl (C=O) groups is 2. The van der Waals surface area contributed by atoms with Crippen LogP contribution in [0.5, 0.6) is 0 Å². The summed E-state index contributed by atoms with van der Waals surface area (Å²) >= 11 is 0. The highest BCUT2D eigenvalue weighted by atomic mass is 16.5. The number of hydrogen-bond donors (Lipinski definition) is 0. The van der Waals surface area contributed by atoms with Crippen LogP contribution in [0.25, 0.3) is 11.1 Å². The summed E-state index contributed by atoms with van der Waals surface area (Å²) in [6.07, 6.45) is 0. The lowest BCUT2D eigenvalue weighted by atomic mass is 9.95. The van der Waals surface area contributed by atoms with Gasteiger partial charge in [0.05, 0.1) is 25.2 Å². The molecule has 0 N–H and O–H groups in total. The molecule has 2 aromatic rings. The maximum Gasteiger partial charge on any atom is 0.254 e. The van der Waals surface area contributed by atoms with E-state index in [-0.39, 0.29) is 23.8 Å². The first kappa shape index (κ1) is 17.7. The van der Waals surface area contributed by atoms with Gasteiger partial charge in [-0.15, -0.1) is 0 Å². The van der Waals surface area contributed by atoms with E-state index < -0.39 is 0 Å². The number of carbonyl (C=O) groups excluding carboxylic acids is 2. The van der Waals surface area contributed by atoms with Crippen molar-refractivity contribution in [2.45, 2.75) is 13.0 Å². The van der Waals surface area contributed by atoms with Gasteiger partial charge in [0.25, 0.3) is 5.91 Å². The van der Waals surface area contributed by atoms with E-state index in [1.54, 1.807) is 4.90 Å². The van der Waals surface area contributed by atoms with Crippen molar-refractivity contribution in [2.24, 2.45) is 5.92 Å². The molecule has 0 saturated carbocycles. The first-order valence-corrected chi connectivity index (χ1v) is 9.35. The van der Waals surface area contributed by atoms with Crippen molar-refractivity contribution >= 4 is 11.8 Å². The van der Waals surface area contributed by atoms with Gasteiger partial charge in [0.15, 0.2) is 0 Å². The molecule has 140 valence electrons. The van der Waals surface area contributed by atoms with Gasteiger partial charge >= 0.3 is 0 Å². The SMILES string of the molecule is Cc1ccccc1-c1ccccc1C(=O)N1C[C@@H]2COC[C@H](C1)N(C)C2=O. The zero-order chi connectivity index (χ0) is 19.0. The average molecular weight is 364 g/mol. The number of nitrogens with zero attached hydrogens (tertiary/aromatic N) is 2. The second-order valence-electron chi connectivity index (χ2n) is 7.41. The lowest BCUT2D eigenvalue weighted by molar-refractivity contribution is -0.133. The summed E-state index contributed by atoms with van der Waals surface area (Å²) in [6, 6.07) is 15.7. The second kappa shape index (κ2) is 7.16. The molecule has 0 aliphatic carbocycles. The van der Waals surface area contributed by atoms with Crippen LogP contribution in [0.15, 0.2) is 48.5 Å². The molecule has 2 aliphatic heterocycles. The number of benzene rings is 2. The number of hydrogen-bond acceptors (Lipinski definition) is 3. The van der Waals surface area contributed by atoms with Gasteiger partial charge in [0.2, 0.25) is 5.91 Å².